The Balaban J connectivity index is 1.93. The number of fused-ring (bicyclic) bond motifs is 1. The molecular formula is C17H16N2O3S2. The Morgan fingerprint density at radius 2 is 2.17 bits per heavy atom. The van der Waals surface area contributed by atoms with Gasteiger partial charge in [-0.3, -0.25) is 14.4 Å². The number of aliphatic imine (C=N–C) groups is 1. The van der Waals surface area contributed by atoms with Crippen molar-refractivity contribution >= 4 is 52.6 Å². The Morgan fingerprint density at radius 3 is 2.92 bits per heavy atom. The van der Waals surface area contributed by atoms with Crippen molar-refractivity contribution in [3.8, 4) is 5.88 Å². The predicted octanol–water partition coefficient (Wildman–Crippen LogP) is 4.50. The molecule has 2 N–H and O–H groups in total. The lowest BCUT2D eigenvalue weighted by molar-refractivity contribution is -0.137. The zero-order valence-corrected chi connectivity index (χ0v) is 14.7. The molecule has 1 aromatic heterocycles. The molecule has 24 heavy (non-hydrogen) atoms. The van der Waals surface area contributed by atoms with Crippen LogP contribution in [0.25, 0.3) is 11.6 Å². The molecule has 0 amide bonds. The Hall–Kier alpha value is -2.25. The summed E-state index contributed by atoms with van der Waals surface area (Å²) in [7, 11) is 0. The van der Waals surface area contributed by atoms with Crippen LogP contribution in [0.15, 0.2) is 29.3 Å². The maximum Gasteiger partial charge on any atom is 0.303 e. The zero-order valence-electron chi connectivity index (χ0n) is 13.0. The van der Waals surface area contributed by atoms with E-state index in [0.29, 0.717) is 21.8 Å². The molecule has 1 aromatic carbocycles. The van der Waals surface area contributed by atoms with E-state index in [9.17, 15) is 9.90 Å². The highest BCUT2D eigenvalue weighted by Crippen LogP contribution is 2.38. The molecule has 2 aromatic rings. The van der Waals surface area contributed by atoms with Crippen LogP contribution < -0.4 is 0 Å². The van der Waals surface area contributed by atoms with Crippen molar-refractivity contribution < 1.29 is 15.0 Å². The first-order valence-electron chi connectivity index (χ1n) is 7.48. The molecule has 7 heteroatoms. The van der Waals surface area contributed by atoms with E-state index in [-0.39, 0.29) is 12.3 Å². The second kappa shape index (κ2) is 6.70. The van der Waals surface area contributed by atoms with Crippen molar-refractivity contribution in [3.63, 3.8) is 0 Å². The summed E-state index contributed by atoms with van der Waals surface area (Å²) in [5.74, 6) is -0.770. The van der Waals surface area contributed by atoms with Crippen molar-refractivity contribution in [2.45, 2.75) is 26.3 Å². The first-order valence-corrected chi connectivity index (χ1v) is 8.71. The number of aromatic nitrogens is 1. The van der Waals surface area contributed by atoms with Crippen molar-refractivity contribution in [3.05, 3.63) is 38.7 Å². The number of hydrogen-bond acceptors (Lipinski definition) is 5. The number of hydrogen-bond donors (Lipinski definition) is 2. The van der Waals surface area contributed by atoms with Crippen LogP contribution in [-0.4, -0.2) is 26.5 Å². The van der Waals surface area contributed by atoms with E-state index >= 15 is 0 Å². The summed E-state index contributed by atoms with van der Waals surface area (Å²) in [4.78, 5) is 15.8. The fraction of sp³-hybridized carbons (Fsp3) is 0.235. The molecule has 3 rings (SSSR count). The molecule has 124 valence electrons. The molecule has 0 fully saturated rings. The highest BCUT2D eigenvalue weighted by Gasteiger charge is 2.19. The number of carboxylic acids is 1. The fourth-order valence-corrected chi connectivity index (χ4v) is 3.94. The number of aromatic hydroxyl groups is 1. The first kappa shape index (κ1) is 16.6. The summed E-state index contributed by atoms with van der Waals surface area (Å²) >= 11 is 6.61. The number of carbonyl (C=O) groups is 1. The molecule has 0 bridgehead atoms. The van der Waals surface area contributed by atoms with Gasteiger partial charge in [0.05, 0.1) is 10.6 Å². The minimum absolute atomic E-state index is 0.0482. The highest BCUT2D eigenvalue weighted by atomic mass is 32.1. The van der Waals surface area contributed by atoms with E-state index in [1.807, 2.05) is 37.3 Å². The molecule has 1 aliphatic rings. The van der Waals surface area contributed by atoms with Crippen LogP contribution in [0.2, 0.25) is 0 Å². The molecule has 0 saturated carbocycles. The van der Waals surface area contributed by atoms with Gasteiger partial charge < -0.3 is 10.2 Å². The number of benzene rings is 1. The molecule has 2 heterocycles. The van der Waals surface area contributed by atoms with Gasteiger partial charge in [-0.2, -0.15) is 0 Å². The van der Waals surface area contributed by atoms with E-state index in [0.717, 1.165) is 22.5 Å². The topological polar surface area (TPSA) is 74.8 Å². The lowest BCUT2D eigenvalue weighted by atomic mass is 10.0. The van der Waals surface area contributed by atoms with Crippen LogP contribution in [0.4, 0.5) is 5.69 Å². The standard InChI is InChI=1S/C17H16N2O3S2/c1-10-12(11-5-2-3-6-13(11)18-10)9-14-16(22)19(17(23)24-14)8-4-7-15(20)21/h2-3,5-6,9,22H,4,7-8H2,1H3,(H,20,21)/b12-9-. The summed E-state index contributed by atoms with van der Waals surface area (Å²) in [5.41, 5.74) is 3.82. The van der Waals surface area contributed by atoms with E-state index in [1.165, 1.54) is 11.3 Å². The van der Waals surface area contributed by atoms with Gasteiger partial charge in [0.15, 0.2) is 3.95 Å². The van der Waals surface area contributed by atoms with Crippen LogP contribution in [0.3, 0.4) is 0 Å². The number of para-hydroxylation sites is 1. The van der Waals surface area contributed by atoms with Crippen molar-refractivity contribution in [1.29, 1.82) is 0 Å². The Bertz CT molecular complexity index is 922. The lowest BCUT2D eigenvalue weighted by Gasteiger charge is -2.04. The summed E-state index contributed by atoms with van der Waals surface area (Å²) in [6, 6.07) is 7.86. The average molecular weight is 360 g/mol. The van der Waals surface area contributed by atoms with Gasteiger partial charge in [0.25, 0.3) is 0 Å². The predicted molar refractivity (Wildman–Crippen MR) is 98.8 cm³/mol. The fourth-order valence-electron chi connectivity index (χ4n) is 2.64. The largest absolute Gasteiger partial charge is 0.493 e. The number of aliphatic carboxylic acids is 1. The van der Waals surface area contributed by atoms with Crippen LogP contribution in [-0.2, 0) is 11.3 Å². The monoisotopic (exact) mass is 360 g/mol. The summed E-state index contributed by atoms with van der Waals surface area (Å²) in [6.07, 6.45) is 2.37. The van der Waals surface area contributed by atoms with Crippen molar-refractivity contribution in [1.82, 2.24) is 4.57 Å². The summed E-state index contributed by atoms with van der Waals surface area (Å²) < 4.78 is 2.12. The lowest BCUT2D eigenvalue weighted by Crippen LogP contribution is -2.01. The summed E-state index contributed by atoms with van der Waals surface area (Å²) in [6.45, 7) is 2.33. The minimum atomic E-state index is -0.854. The minimum Gasteiger partial charge on any atom is -0.493 e. The van der Waals surface area contributed by atoms with Gasteiger partial charge in [-0.15, -0.1) is 11.3 Å². The number of carboxylic acid groups (broad SMARTS) is 1. The van der Waals surface area contributed by atoms with Gasteiger partial charge in [0.1, 0.15) is 0 Å². The molecule has 0 aliphatic carbocycles. The molecule has 5 nitrogen and oxygen atoms in total. The second-order valence-corrected chi connectivity index (χ2v) is 7.15. The van der Waals surface area contributed by atoms with Gasteiger partial charge in [0.2, 0.25) is 5.88 Å². The first-order chi connectivity index (χ1) is 11.5. The highest BCUT2D eigenvalue weighted by molar-refractivity contribution is 7.73. The normalized spacial score (nSPS) is 14.7. The van der Waals surface area contributed by atoms with E-state index in [2.05, 4.69) is 4.99 Å². The molecule has 0 radical (unpaired) electrons. The maximum atomic E-state index is 10.6. The van der Waals surface area contributed by atoms with Gasteiger partial charge in [-0.05, 0) is 37.7 Å². The van der Waals surface area contributed by atoms with Gasteiger partial charge >= 0.3 is 5.97 Å². The number of rotatable bonds is 5. The maximum absolute atomic E-state index is 10.6. The van der Waals surface area contributed by atoms with Crippen LogP contribution in [0.5, 0.6) is 5.88 Å². The quantitative estimate of drug-likeness (QED) is 0.770. The SMILES string of the molecule is CC1=Nc2ccccc2/C1=C\c1sc(=S)n(CCCC(=O)O)c1O. The van der Waals surface area contributed by atoms with Crippen LogP contribution >= 0.6 is 23.6 Å². The van der Waals surface area contributed by atoms with Gasteiger partial charge in [0, 0.05) is 29.8 Å². The molecule has 0 unspecified atom stereocenters. The molecular weight excluding hydrogens is 344 g/mol. The third-order valence-corrected chi connectivity index (χ3v) is 5.20. The zero-order chi connectivity index (χ0) is 17.3. The van der Waals surface area contributed by atoms with Gasteiger partial charge in [-0.25, -0.2) is 0 Å². The third-order valence-electron chi connectivity index (χ3n) is 3.81. The van der Waals surface area contributed by atoms with Crippen LogP contribution in [0.1, 0.15) is 30.2 Å². The van der Waals surface area contributed by atoms with E-state index < -0.39 is 5.97 Å². The Labute approximate surface area is 148 Å². The Morgan fingerprint density at radius 1 is 1.42 bits per heavy atom. The molecule has 0 spiro atoms. The van der Waals surface area contributed by atoms with E-state index in [1.54, 1.807) is 4.57 Å². The summed E-state index contributed by atoms with van der Waals surface area (Å²) in [5, 5.41) is 19.2. The molecule has 1 aliphatic heterocycles. The van der Waals surface area contributed by atoms with E-state index in [4.69, 9.17) is 17.3 Å². The van der Waals surface area contributed by atoms with Gasteiger partial charge in [-0.1, -0.05) is 18.2 Å². The number of thiazole rings is 1. The van der Waals surface area contributed by atoms with Crippen molar-refractivity contribution in [2.24, 2.45) is 4.99 Å². The number of nitrogens with zero attached hydrogens (tertiary/aromatic N) is 2. The Kier molecular flexibility index (Phi) is 4.64. The third kappa shape index (κ3) is 3.18. The number of allylic oxidation sites excluding steroid dienone is 1. The smallest absolute Gasteiger partial charge is 0.303 e. The molecule has 0 atom stereocenters. The van der Waals surface area contributed by atoms with Crippen molar-refractivity contribution in [2.75, 3.05) is 0 Å². The average Bonchev–Trinajstić information content (AvgIpc) is 2.98. The second-order valence-electron chi connectivity index (χ2n) is 5.48. The van der Waals surface area contributed by atoms with Crippen LogP contribution in [0, 0.1) is 3.95 Å². The molecule has 0 saturated heterocycles.